The SMILES string of the molecule is CCOC(=O)C1=Cc2cc([N+](=O)[O-])ccc2OC1(C)O. The fourth-order valence-electron chi connectivity index (χ4n) is 1.87. The molecule has 0 saturated carbocycles. The smallest absolute Gasteiger partial charge is 0.340 e. The minimum Gasteiger partial charge on any atom is -0.462 e. The van der Waals surface area contributed by atoms with Gasteiger partial charge in [-0.2, -0.15) is 0 Å². The average Bonchev–Trinajstić information content (AvgIpc) is 2.36. The molecule has 2 rings (SSSR count). The van der Waals surface area contributed by atoms with E-state index in [0.717, 1.165) is 0 Å². The zero-order valence-corrected chi connectivity index (χ0v) is 11.0. The molecule has 0 bridgehead atoms. The number of benzene rings is 1. The molecule has 1 heterocycles. The molecule has 0 amide bonds. The van der Waals surface area contributed by atoms with E-state index >= 15 is 0 Å². The highest BCUT2D eigenvalue weighted by atomic mass is 16.6. The molecule has 0 aliphatic carbocycles. The van der Waals surface area contributed by atoms with E-state index in [9.17, 15) is 20.0 Å². The Bertz CT molecular complexity index is 605. The van der Waals surface area contributed by atoms with E-state index < -0.39 is 16.7 Å². The summed E-state index contributed by atoms with van der Waals surface area (Å²) in [6.07, 6.45) is 1.34. The van der Waals surface area contributed by atoms with Crippen LogP contribution in [0.2, 0.25) is 0 Å². The predicted molar refractivity (Wildman–Crippen MR) is 69.0 cm³/mol. The fraction of sp³-hybridized carbons (Fsp3) is 0.308. The number of nitro groups is 1. The summed E-state index contributed by atoms with van der Waals surface area (Å²) >= 11 is 0. The zero-order valence-electron chi connectivity index (χ0n) is 11.0. The Kier molecular flexibility index (Phi) is 3.46. The first-order valence-electron chi connectivity index (χ1n) is 5.94. The van der Waals surface area contributed by atoms with Gasteiger partial charge in [-0.1, -0.05) is 0 Å². The van der Waals surface area contributed by atoms with E-state index in [1.807, 2.05) is 0 Å². The van der Waals surface area contributed by atoms with Crippen molar-refractivity contribution in [3.63, 3.8) is 0 Å². The summed E-state index contributed by atoms with van der Waals surface area (Å²) < 4.78 is 10.1. The van der Waals surface area contributed by atoms with Crippen LogP contribution in [0, 0.1) is 10.1 Å². The van der Waals surface area contributed by atoms with Gasteiger partial charge in [0, 0.05) is 24.6 Å². The van der Waals surface area contributed by atoms with E-state index in [2.05, 4.69) is 0 Å². The summed E-state index contributed by atoms with van der Waals surface area (Å²) in [5.41, 5.74) is 0.106. The number of hydrogen-bond acceptors (Lipinski definition) is 6. The highest BCUT2D eigenvalue weighted by Gasteiger charge is 2.38. The quantitative estimate of drug-likeness (QED) is 0.513. The first-order valence-corrected chi connectivity index (χ1v) is 5.94. The second-order valence-corrected chi connectivity index (χ2v) is 4.34. The second kappa shape index (κ2) is 4.93. The predicted octanol–water partition coefficient (Wildman–Crippen LogP) is 1.64. The number of carbonyl (C=O) groups excluding carboxylic acids is 1. The Morgan fingerprint density at radius 2 is 2.25 bits per heavy atom. The maximum absolute atomic E-state index is 11.8. The maximum atomic E-state index is 11.8. The fourth-order valence-corrected chi connectivity index (χ4v) is 1.87. The van der Waals surface area contributed by atoms with Crippen molar-refractivity contribution in [1.82, 2.24) is 0 Å². The van der Waals surface area contributed by atoms with Gasteiger partial charge in [-0.25, -0.2) is 4.79 Å². The van der Waals surface area contributed by atoms with Crippen molar-refractivity contribution in [2.24, 2.45) is 0 Å². The summed E-state index contributed by atoms with van der Waals surface area (Å²) in [6.45, 7) is 3.09. The molecule has 7 heteroatoms. The number of carbonyl (C=O) groups is 1. The lowest BCUT2D eigenvalue weighted by Crippen LogP contribution is -2.40. The number of rotatable bonds is 3. The summed E-state index contributed by atoms with van der Waals surface area (Å²) in [7, 11) is 0. The molecule has 1 N–H and O–H groups in total. The molecule has 1 aliphatic heterocycles. The molecule has 1 atom stereocenters. The lowest BCUT2D eigenvalue weighted by molar-refractivity contribution is -0.384. The van der Waals surface area contributed by atoms with E-state index in [1.54, 1.807) is 6.92 Å². The van der Waals surface area contributed by atoms with Crippen molar-refractivity contribution in [3.8, 4) is 5.75 Å². The first kappa shape index (κ1) is 14.0. The van der Waals surface area contributed by atoms with Crippen molar-refractivity contribution in [2.75, 3.05) is 6.61 Å². The second-order valence-electron chi connectivity index (χ2n) is 4.34. The number of hydrogen-bond donors (Lipinski definition) is 1. The van der Waals surface area contributed by atoms with Gasteiger partial charge in [-0.15, -0.1) is 0 Å². The number of esters is 1. The molecule has 0 aromatic heterocycles. The number of fused-ring (bicyclic) bond motifs is 1. The molecule has 1 unspecified atom stereocenters. The highest BCUT2D eigenvalue weighted by molar-refractivity contribution is 5.96. The van der Waals surface area contributed by atoms with Crippen LogP contribution >= 0.6 is 0 Å². The van der Waals surface area contributed by atoms with Crippen LogP contribution < -0.4 is 4.74 Å². The molecule has 0 saturated heterocycles. The van der Waals surface area contributed by atoms with Gasteiger partial charge in [-0.3, -0.25) is 10.1 Å². The minimum atomic E-state index is -1.84. The molecular weight excluding hydrogens is 266 g/mol. The molecule has 20 heavy (non-hydrogen) atoms. The molecule has 1 aromatic rings. The highest BCUT2D eigenvalue weighted by Crippen LogP contribution is 2.36. The van der Waals surface area contributed by atoms with Crippen LogP contribution in [-0.4, -0.2) is 28.4 Å². The van der Waals surface area contributed by atoms with Crippen LogP contribution in [0.25, 0.3) is 6.08 Å². The summed E-state index contributed by atoms with van der Waals surface area (Å²) in [4.78, 5) is 22.0. The molecule has 106 valence electrons. The third-order valence-corrected chi connectivity index (χ3v) is 2.81. The Morgan fingerprint density at radius 3 is 2.85 bits per heavy atom. The van der Waals surface area contributed by atoms with E-state index in [1.165, 1.54) is 31.2 Å². The Balaban J connectivity index is 2.49. The van der Waals surface area contributed by atoms with Crippen LogP contribution in [0.15, 0.2) is 23.8 Å². The number of nitrogens with zero attached hydrogens (tertiary/aromatic N) is 1. The summed E-state index contributed by atoms with van der Waals surface area (Å²) in [5.74, 6) is -2.31. The molecule has 0 radical (unpaired) electrons. The number of nitro benzene ring substituents is 1. The minimum absolute atomic E-state index is 0.104. The van der Waals surface area contributed by atoms with Gasteiger partial charge < -0.3 is 14.6 Å². The Labute approximate surface area is 114 Å². The van der Waals surface area contributed by atoms with Gasteiger partial charge in [0.25, 0.3) is 5.69 Å². The standard InChI is InChI=1S/C13H13NO6/c1-3-19-12(15)10-7-8-6-9(14(17)18)4-5-11(8)20-13(10,2)16/h4-7,16H,3H2,1-2H3. The van der Waals surface area contributed by atoms with Gasteiger partial charge in [-0.05, 0) is 19.1 Å². The van der Waals surface area contributed by atoms with Crippen molar-refractivity contribution in [1.29, 1.82) is 0 Å². The molecule has 0 spiro atoms. The zero-order chi connectivity index (χ0) is 14.9. The Hall–Kier alpha value is -2.41. The largest absolute Gasteiger partial charge is 0.462 e. The molecule has 1 aromatic carbocycles. The van der Waals surface area contributed by atoms with E-state index in [-0.39, 0.29) is 23.6 Å². The maximum Gasteiger partial charge on any atom is 0.340 e. The van der Waals surface area contributed by atoms with Gasteiger partial charge in [0.1, 0.15) is 11.3 Å². The van der Waals surface area contributed by atoms with Gasteiger partial charge in [0.15, 0.2) is 0 Å². The monoisotopic (exact) mass is 279 g/mol. The first-order chi connectivity index (χ1) is 9.35. The van der Waals surface area contributed by atoms with Crippen LogP contribution in [0.4, 0.5) is 5.69 Å². The van der Waals surface area contributed by atoms with E-state index in [0.29, 0.717) is 5.56 Å². The third-order valence-electron chi connectivity index (χ3n) is 2.81. The van der Waals surface area contributed by atoms with Crippen LogP contribution in [0.5, 0.6) is 5.75 Å². The molecular formula is C13H13NO6. The molecule has 0 fully saturated rings. The third kappa shape index (κ3) is 2.48. The normalized spacial score (nSPS) is 20.4. The van der Waals surface area contributed by atoms with E-state index in [4.69, 9.17) is 9.47 Å². The van der Waals surface area contributed by atoms with Crippen LogP contribution in [-0.2, 0) is 9.53 Å². The number of ether oxygens (including phenoxy) is 2. The van der Waals surface area contributed by atoms with Gasteiger partial charge in [0.2, 0.25) is 5.79 Å². The lowest BCUT2D eigenvalue weighted by Gasteiger charge is -2.30. The summed E-state index contributed by atoms with van der Waals surface area (Å²) in [5, 5.41) is 20.9. The number of aliphatic hydroxyl groups is 1. The van der Waals surface area contributed by atoms with Crippen LogP contribution in [0.3, 0.4) is 0 Å². The summed E-state index contributed by atoms with van der Waals surface area (Å²) in [6, 6.07) is 3.91. The number of non-ortho nitro benzene ring substituents is 1. The molecule has 7 nitrogen and oxygen atoms in total. The van der Waals surface area contributed by atoms with Crippen molar-refractivity contribution >= 4 is 17.7 Å². The van der Waals surface area contributed by atoms with Gasteiger partial charge in [0.05, 0.1) is 11.5 Å². The lowest BCUT2D eigenvalue weighted by atomic mass is 9.99. The average molecular weight is 279 g/mol. The van der Waals surface area contributed by atoms with Crippen molar-refractivity contribution < 1.29 is 24.3 Å². The topological polar surface area (TPSA) is 98.9 Å². The van der Waals surface area contributed by atoms with Crippen LogP contribution in [0.1, 0.15) is 19.4 Å². The Morgan fingerprint density at radius 1 is 1.55 bits per heavy atom. The van der Waals surface area contributed by atoms with Crippen molar-refractivity contribution in [3.05, 3.63) is 39.4 Å². The molecule has 1 aliphatic rings. The van der Waals surface area contributed by atoms with Crippen molar-refractivity contribution in [2.45, 2.75) is 19.6 Å². The van der Waals surface area contributed by atoms with Gasteiger partial charge >= 0.3 is 5.97 Å².